The molecule has 6 nitrogen and oxygen atoms in total. The molecule has 0 radical (unpaired) electrons. The van der Waals surface area contributed by atoms with E-state index in [2.05, 4.69) is 0 Å². The fraction of sp³-hybridized carbons (Fsp3) is 0.412. The van der Waals surface area contributed by atoms with E-state index in [1.165, 1.54) is 6.92 Å². The third-order valence-corrected chi connectivity index (χ3v) is 2.90. The van der Waals surface area contributed by atoms with E-state index in [1.807, 2.05) is 13.8 Å². The highest BCUT2D eigenvalue weighted by molar-refractivity contribution is 6.06. The number of Topliss-reactive ketones (excluding diaryl/α,β-unsaturated/α-hetero) is 1. The van der Waals surface area contributed by atoms with Crippen molar-refractivity contribution in [1.29, 1.82) is 10.7 Å². The van der Waals surface area contributed by atoms with Gasteiger partial charge >= 0.3 is 5.97 Å². The molecule has 23 heavy (non-hydrogen) atoms. The van der Waals surface area contributed by atoms with Crippen molar-refractivity contribution in [2.24, 2.45) is 11.8 Å². The fourth-order valence-electron chi connectivity index (χ4n) is 1.66. The molecule has 1 N–H and O–H groups in total. The number of carbonyl (C=O) groups is 2. The molecule has 0 amide bonds. The first-order chi connectivity index (χ1) is 10.8. The van der Waals surface area contributed by atoms with Crippen LogP contribution in [0.15, 0.2) is 24.3 Å². The zero-order valence-electron chi connectivity index (χ0n) is 13.5. The Morgan fingerprint density at radius 1 is 1.26 bits per heavy atom. The first-order valence-corrected chi connectivity index (χ1v) is 7.22. The summed E-state index contributed by atoms with van der Waals surface area (Å²) in [5.41, 5.74) is 0.218. The van der Waals surface area contributed by atoms with E-state index in [9.17, 15) is 9.59 Å². The van der Waals surface area contributed by atoms with E-state index < -0.39 is 24.3 Å². The van der Waals surface area contributed by atoms with Crippen LogP contribution in [0.2, 0.25) is 0 Å². The van der Waals surface area contributed by atoms with Gasteiger partial charge in [0, 0.05) is 5.71 Å². The largest absolute Gasteiger partial charge is 0.493 e. The lowest BCUT2D eigenvalue weighted by atomic mass is 10.0. The fourth-order valence-corrected chi connectivity index (χ4v) is 1.66. The molecule has 1 aromatic carbocycles. The summed E-state index contributed by atoms with van der Waals surface area (Å²) < 4.78 is 10.4. The van der Waals surface area contributed by atoms with Crippen molar-refractivity contribution >= 4 is 17.5 Å². The van der Waals surface area contributed by atoms with Gasteiger partial charge in [-0.15, -0.1) is 0 Å². The van der Waals surface area contributed by atoms with E-state index in [0.29, 0.717) is 18.3 Å². The van der Waals surface area contributed by atoms with E-state index in [1.54, 1.807) is 30.3 Å². The van der Waals surface area contributed by atoms with Crippen LogP contribution in [0, 0.1) is 28.6 Å². The molecule has 0 aliphatic heterocycles. The lowest BCUT2D eigenvalue weighted by Gasteiger charge is -2.10. The molecule has 0 fully saturated rings. The number of nitriles is 1. The number of ketones is 1. The van der Waals surface area contributed by atoms with Gasteiger partial charge in [0.2, 0.25) is 0 Å². The summed E-state index contributed by atoms with van der Waals surface area (Å²) in [6.07, 6.45) is 0. The predicted octanol–water partition coefficient (Wildman–Crippen LogP) is 2.63. The van der Waals surface area contributed by atoms with Gasteiger partial charge in [-0.2, -0.15) is 5.26 Å². The van der Waals surface area contributed by atoms with Gasteiger partial charge in [-0.3, -0.25) is 4.79 Å². The minimum atomic E-state index is -1.17. The molecule has 122 valence electrons. The quantitative estimate of drug-likeness (QED) is 0.587. The Balaban J connectivity index is 2.57. The van der Waals surface area contributed by atoms with Crippen molar-refractivity contribution < 1.29 is 19.1 Å². The molecule has 1 aromatic rings. The number of nitrogens with one attached hydrogen (secondary N) is 1. The summed E-state index contributed by atoms with van der Waals surface area (Å²) in [6.45, 7) is 5.49. The van der Waals surface area contributed by atoms with Crippen LogP contribution in [-0.4, -0.2) is 30.7 Å². The number of hydrogen-bond acceptors (Lipinski definition) is 6. The molecule has 0 saturated carbocycles. The number of ether oxygens (including phenoxy) is 2. The van der Waals surface area contributed by atoms with Crippen molar-refractivity contribution in [1.82, 2.24) is 0 Å². The number of carbonyl (C=O) groups excluding carboxylic acids is 2. The molecule has 0 saturated heterocycles. The summed E-state index contributed by atoms with van der Waals surface area (Å²) >= 11 is 0. The Bertz CT molecular complexity index is 614. The molecule has 0 spiro atoms. The topological polar surface area (TPSA) is 100 Å². The Kier molecular flexibility index (Phi) is 6.94. The Morgan fingerprint density at radius 3 is 2.35 bits per heavy atom. The molecule has 1 rings (SSSR count). The van der Waals surface area contributed by atoms with E-state index in [4.69, 9.17) is 20.1 Å². The lowest BCUT2D eigenvalue weighted by Crippen LogP contribution is -2.25. The molecule has 0 aliphatic rings. The number of rotatable bonds is 8. The average Bonchev–Trinajstić information content (AvgIpc) is 2.51. The molecule has 0 unspecified atom stereocenters. The standard InChI is InChI=1S/C17H20N2O4/c1-11(2)9-22-14-6-4-13(5-7-14)17(21)23-10-16(20)15(8-18)12(3)19/h4-7,11,15,19H,9-10H2,1-3H3/t15-/m0/s1. The van der Waals surface area contributed by atoms with Gasteiger partial charge < -0.3 is 14.9 Å². The first kappa shape index (κ1) is 18.4. The van der Waals surface area contributed by atoms with E-state index in [0.717, 1.165) is 0 Å². The van der Waals surface area contributed by atoms with Crippen molar-refractivity contribution in [2.75, 3.05) is 13.2 Å². The Morgan fingerprint density at radius 2 is 1.87 bits per heavy atom. The van der Waals surface area contributed by atoms with Crippen molar-refractivity contribution in [3.05, 3.63) is 29.8 Å². The number of esters is 1. The van der Waals surface area contributed by atoms with Crippen LogP contribution < -0.4 is 4.74 Å². The molecular weight excluding hydrogens is 296 g/mol. The van der Waals surface area contributed by atoms with Crippen LogP contribution in [0.25, 0.3) is 0 Å². The Labute approximate surface area is 135 Å². The van der Waals surface area contributed by atoms with Gasteiger partial charge in [0.05, 0.1) is 18.2 Å². The highest BCUT2D eigenvalue weighted by atomic mass is 16.5. The number of nitrogens with zero attached hydrogens (tertiary/aromatic N) is 1. The van der Waals surface area contributed by atoms with Crippen LogP contribution in [0.4, 0.5) is 0 Å². The third-order valence-electron chi connectivity index (χ3n) is 2.90. The summed E-state index contributed by atoms with van der Waals surface area (Å²) in [6, 6.07) is 8.12. The normalized spacial score (nSPS) is 11.4. The number of benzene rings is 1. The van der Waals surface area contributed by atoms with Crippen molar-refractivity contribution in [3.63, 3.8) is 0 Å². The van der Waals surface area contributed by atoms with Crippen LogP contribution in [-0.2, 0) is 9.53 Å². The Hall–Kier alpha value is -2.68. The first-order valence-electron chi connectivity index (χ1n) is 7.22. The van der Waals surface area contributed by atoms with Gasteiger partial charge in [-0.25, -0.2) is 4.79 Å². The highest BCUT2D eigenvalue weighted by Gasteiger charge is 2.21. The molecule has 0 heterocycles. The van der Waals surface area contributed by atoms with Crippen LogP contribution in [0.3, 0.4) is 0 Å². The van der Waals surface area contributed by atoms with Crippen LogP contribution >= 0.6 is 0 Å². The molecule has 0 aliphatic carbocycles. The minimum Gasteiger partial charge on any atom is -0.493 e. The summed E-state index contributed by atoms with van der Waals surface area (Å²) in [4.78, 5) is 23.5. The minimum absolute atomic E-state index is 0.0693. The maximum absolute atomic E-state index is 11.9. The van der Waals surface area contributed by atoms with Gasteiger partial charge in [0.25, 0.3) is 0 Å². The summed E-state index contributed by atoms with van der Waals surface area (Å²) in [5, 5.41) is 16.1. The van der Waals surface area contributed by atoms with Crippen molar-refractivity contribution in [3.8, 4) is 11.8 Å². The van der Waals surface area contributed by atoms with E-state index in [-0.39, 0.29) is 11.3 Å². The molecular formula is C17H20N2O4. The van der Waals surface area contributed by atoms with Crippen LogP contribution in [0.5, 0.6) is 5.75 Å². The molecule has 0 bridgehead atoms. The average molecular weight is 316 g/mol. The monoisotopic (exact) mass is 316 g/mol. The van der Waals surface area contributed by atoms with Gasteiger partial charge in [-0.05, 0) is 37.1 Å². The third kappa shape index (κ3) is 5.91. The maximum Gasteiger partial charge on any atom is 0.338 e. The zero-order valence-corrected chi connectivity index (χ0v) is 13.5. The predicted molar refractivity (Wildman–Crippen MR) is 84.6 cm³/mol. The second-order valence-corrected chi connectivity index (χ2v) is 5.52. The smallest absolute Gasteiger partial charge is 0.338 e. The lowest BCUT2D eigenvalue weighted by molar-refractivity contribution is -0.122. The second-order valence-electron chi connectivity index (χ2n) is 5.52. The van der Waals surface area contributed by atoms with Crippen LogP contribution in [0.1, 0.15) is 31.1 Å². The zero-order chi connectivity index (χ0) is 17.4. The number of hydrogen-bond donors (Lipinski definition) is 1. The molecule has 0 aromatic heterocycles. The summed E-state index contributed by atoms with van der Waals surface area (Å²) in [7, 11) is 0. The molecule has 6 heteroatoms. The van der Waals surface area contributed by atoms with Gasteiger partial charge in [-0.1, -0.05) is 13.8 Å². The van der Waals surface area contributed by atoms with E-state index >= 15 is 0 Å². The van der Waals surface area contributed by atoms with Crippen molar-refractivity contribution in [2.45, 2.75) is 20.8 Å². The van der Waals surface area contributed by atoms with Gasteiger partial charge in [0.1, 0.15) is 11.7 Å². The molecule has 1 atom stereocenters. The summed E-state index contributed by atoms with van der Waals surface area (Å²) in [5.74, 6) is -1.39. The second kappa shape index (κ2) is 8.69. The SMILES string of the molecule is CC(=N)[C@H](C#N)C(=O)COC(=O)c1ccc(OCC(C)C)cc1. The highest BCUT2D eigenvalue weighted by Crippen LogP contribution is 2.14. The van der Waals surface area contributed by atoms with Gasteiger partial charge in [0.15, 0.2) is 12.4 Å². The maximum atomic E-state index is 11.9.